The summed E-state index contributed by atoms with van der Waals surface area (Å²) in [6, 6.07) is 0.773. The first-order valence-corrected chi connectivity index (χ1v) is 7.76. The Bertz CT molecular complexity index is 285. The van der Waals surface area contributed by atoms with Crippen molar-refractivity contribution in [2.75, 3.05) is 6.54 Å². The van der Waals surface area contributed by atoms with Gasteiger partial charge in [0.1, 0.15) is 0 Å². The highest BCUT2D eigenvalue weighted by Gasteiger charge is 2.58. The molecule has 3 aliphatic rings. The largest absolute Gasteiger partial charge is 0.313 e. The summed E-state index contributed by atoms with van der Waals surface area (Å²) in [6.45, 7) is 8.84. The van der Waals surface area contributed by atoms with E-state index in [2.05, 4.69) is 26.1 Å². The maximum Gasteiger partial charge on any atom is 0.0175 e. The minimum absolute atomic E-state index is 0.533. The summed E-state index contributed by atoms with van der Waals surface area (Å²) in [6.07, 6.45) is 10.3. The third kappa shape index (κ3) is 1.85. The van der Waals surface area contributed by atoms with Crippen LogP contribution in [-0.2, 0) is 0 Å². The molecule has 1 nitrogen and oxygen atoms in total. The Morgan fingerprint density at radius 2 is 1.76 bits per heavy atom. The lowest BCUT2D eigenvalue weighted by Crippen LogP contribution is -2.51. The van der Waals surface area contributed by atoms with E-state index in [0.29, 0.717) is 10.8 Å². The fourth-order valence-corrected chi connectivity index (χ4v) is 5.31. The third-order valence-corrected chi connectivity index (χ3v) is 6.36. The van der Waals surface area contributed by atoms with Crippen LogP contribution in [0.15, 0.2) is 0 Å². The molecule has 0 radical (unpaired) electrons. The third-order valence-electron chi connectivity index (χ3n) is 6.36. The first-order valence-electron chi connectivity index (χ1n) is 7.76. The molecule has 3 saturated carbocycles. The number of nitrogens with one attached hydrogen (secondary N) is 1. The fourth-order valence-electron chi connectivity index (χ4n) is 5.31. The Morgan fingerprint density at radius 1 is 1.06 bits per heavy atom. The van der Waals surface area contributed by atoms with Gasteiger partial charge < -0.3 is 5.32 Å². The van der Waals surface area contributed by atoms with Gasteiger partial charge in [0.25, 0.3) is 0 Å². The molecule has 3 fully saturated rings. The predicted molar refractivity (Wildman–Crippen MR) is 73.0 cm³/mol. The second-order valence-electron chi connectivity index (χ2n) is 7.91. The van der Waals surface area contributed by atoms with Crippen LogP contribution in [0.4, 0.5) is 0 Å². The van der Waals surface area contributed by atoms with Crippen molar-refractivity contribution in [3.05, 3.63) is 0 Å². The van der Waals surface area contributed by atoms with E-state index in [4.69, 9.17) is 0 Å². The van der Waals surface area contributed by atoms with Crippen molar-refractivity contribution in [1.82, 2.24) is 5.32 Å². The van der Waals surface area contributed by atoms with Crippen molar-refractivity contribution in [2.45, 2.75) is 71.8 Å². The molecule has 0 aliphatic heterocycles. The molecule has 3 atom stereocenters. The van der Waals surface area contributed by atoms with Crippen LogP contribution in [0.1, 0.15) is 65.7 Å². The van der Waals surface area contributed by atoms with E-state index in [1.54, 1.807) is 0 Å². The minimum atomic E-state index is 0.533. The van der Waals surface area contributed by atoms with E-state index in [0.717, 1.165) is 17.9 Å². The summed E-state index contributed by atoms with van der Waals surface area (Å²) in [5.74, 6) is 1.96. The average Bonchev–Trinajstić information content (AvgIpc) is 2.90. The second kappa shape index (κ2) is 3.98. The molecule has 0 heterocycles. The molecule has 3 aliphatic carbocycles. The molecule has 1 heteroatoms. The number of hydrogen-bond acceptors (Lipinski definition) is 1. The molecule has 3 rings (SSSR count). The second-order valence-corrected chi connectivity index (χ2v) is 7.91. The zero-order valence-electron chi connectivity index (χ0n) is 11.9. The van der Waals surface area contributed by atoms with Gasteiger partial charge in [-0.15, -0.1) is 0 Å². The molecule has 0 spiro atoms. The Hall–Kier alpha value is -0.0400. The van der Waals surface area contributed by atoms with Gasteiger partial charge in [-0.05, 0) is 61.3 Å². The molecule has 2 bridgehead atoms. The normalized spacial score (nSPS) is 44.6. The average molecular weight is 235 g/mol. The van der Waals surface area contributed by atoms with Gasteiger partial charge in [-0.25, -0.2) is 0 Å². The van der Waals surface area contributed by atoms with Crippen LogP contribution in [0.25, 0.3) is 0 Å². The Kier molecular flexibility index (Phi) is 2.81. The standard InChI is InChI=1S/C16H29N/c1-15(2)13-8-9-16(3,10-13)14(15)17-11-12-6-4-5-7-12/h12-14,17H,4-11H2,1-3H3/t13-,14?,16+/m0/s1. The highest BCUT2D eigenvalue weighted by Crippen LogP contribution is 2.62. The highest BCUT2D eigenvalue weighted by atomic mass is 15.0. The van der Waals surface area contributed by atoms with Gasteiger partial charge in [0.05, 0.1) is 0 Å². The van der Waals surface area contributed by atoms with Crippen molar-refractivity contribution in [3.8, 4) is 0 Å². The SMILES string of the molecule is CC1(C)C(NCC2CCCC2)[C@]2(C)CC[C@H]1C2. The first kappa shape index (κ1) is 12.0. The van der Waals surface area contributed by atoms with Crippen LogP contribution < -0.4 is 5.32 Å². The topological polar surface area (TPSA) is 12.0 Å². The monoisotopic (exact) mass is 235 g/mol. The van der Waals surface area contributed by atoms with Gasteiger partial charge >= 0.3 is 0 Å². The van der Waals surface area contributed by atoms with Crippen LogP contribution in [0, 0.1) is 22.7 Å². The molecule has 1 unspecified atom stereocenters. The summed E-state index contributed by atoms with van der Waals surface area (Å²) >= 11 is 0. The molecule has 98 valence electrons. The maximum absolute atomic E-state index is 3.99. The number of rotatable bonds is 3. The van der Waals surface area contributed by atoms with Gasteiger partial charge in [-0.2, -0.15) is 0 Å². The van der Waals surface area contributed by atoms with Gasteiger partial charge in [-0.3, -0.25) is 0 Å². The van der Waals surface area contributed by atoms with Gasteiger partial charge in [0.15, 0.2) is 0 Å². The smallest absolute Gasteiger partial charge is 0.0175 e. The summed E-state index contributed by atoms with van der Waals surface area (Å²) in [7, 11) is 0. The molecule has 1 N–H and O–H groups in total. The quantitative estimate of drug-likeness (QED) is 0.780. The van der Waals surface area contributed by atoms with Crippen molar-refractivity contribution >= 4 is 0 Å². The van der Waals surface area contributed by atoms with Crippen LogP contribution in [-0.4, -0.2) is 12.6 Å². The molecule has 17 heavy (non-hydrogen) atoms. The lowest BCUT2D eigenvalue weighted by molar-refractivity contribution is 0.105. The van der Waals surface area contributed by atoms with Crippen molar-refractivity contribution in [3.63, 3.8) is 0 Å². The Balaban J connectivity index is 1.65. The number of fused-ring (bicyclic) bond motifs is 2. The lowest BCUT2D eigenvalue weighted by atomic mass is 9.68. The first-order chi connectivity index (χ1) is 8.02. The predicted octanol–water partition coefficient (Wildman–Crippen LogP) is 3.98. The maximum atomic E-state index is 3.99. The van der Waals surface area contributed by atoms with Crippen LogP contribution in [0.2, 0.25) is 0 Å². The van der Waals surface area contributed by atoms with E-state index in [1.807, 2.05) is 0 Å². The van der Waals surface area contributed by atoms with Gasteiger partial charge in [-0.1, -0.05) is 33.6 Å². The molecule has 0 saturated heterocycles. The zero-order valence-corrected chi connectivity index (χ0v) is 11.9. The fraction of sp³-hybridized carbons (Fsp3) is 1.00. The summed E-state index contributed by atoms with van der Waals surface area (Å²) in [5, 5.41) is 3.99. The van der Waals surface area contributed by atoms with Crippen molar-refractivity contribution in [2.24, 2.45) is 22.7 Å². The van der Waals surface area contributed by atoms with Crippen LogP contribution >= 0.6 is 0 Å². The van der Waals surface area contributed by atoms with Crippen LogP contribution in [0.5, 0.6) is 0 Å². The number of hydrogen-bond donors (Lipinski definition) is 1. The van der Waals surface area contributed by atoms with Crippen LogP contribution in [0.3, 0.4) is 0 Å². The minimum Gasteiger partial charge on any atom is -0.313 e. The molecule has 0 aromatic heterocycles. The van der Waals surface area contributed by atoms with E-state index in [9.17, 15) is 0 Å². The molecular formula is C16H29N. The summed E-state index contributed by atoms with van der Waals surface area (Å²) in [5.41, 5.74) is 1.14. The lowest BCUT2D eigenvalue weighted by Gasteiger charge is -2.43. The van der Waals surface area contributed by atoms with Crippen molar-refractivity contribution in [1.29, 1.82) is 0 Å². The van der Waals surface area contributed by atoms with E-state index >= 15 is 0 Å². The zero-order chi connectivity index (χ0) is 12.1. The summed E-state index contributed by atoms with van der Waals surface area (Å²) < 4.78 is 0. The van der Waals surface area contributed by atoms with E-state index in [1.165, 1.54) is 51.5 Å². The molecule has 0 aromatic carbocycles. The summed E-state index contributed by atoms with van der Waals surface area (Å²) in [4.78, 5) is 0. The molecule has 0 aromatic rings. The van der Waals surface area contributed by atoms with Gasteiger partial charge in [0, 0.05) is 6.04 Å². The van der Waals surface area contributed by atoms with E-state index < -0.39 is 0 Å². The molecular weight excluding hydrogens is 206 g/mol. The van der Waals surface area contributed by atoms with E-state index in [-0.39, 0.29) is 0 Å². The van der Waals surface area contributed by atoms with Gasteiger partial charge in [0.2, 0.25) is 0 Å². The Morgan fingerprint density at radius 3 is 2.35 bits per heavy atom. The Labute approximate surface area is 107 Å². The molecule has 0 amide bonds. The highest BCUT2D eigenvalue weighted by molar-refractivity contribution is 5.12. The van der Waals surface area contributed by atoms with Crippen molar-refractivity contribution < 1.29 is 0 Å².